The van der Waals surface area contributed by atoms with Crippen LogP contribution in [0.15, 0.2) is 18.7 Å². The van der Waals surface area contributed by atoms with Gasteiger partial charge in [0.25, 0.3) is 0 Å². The molecular formula is C12H18N2O2S. The molecule has 1 fully saturated rings. The largest absolute Gasteiger partial charge is 0.481 e. The molecule has 0 unspecified atom stereocenters. The van der Waals surface area contributed by atoms with E-state index in [4.69, 9.17) is 5.11 Å². The van der Waals surface area contributed by atoms with Crippen LogP contribution >= 0.6 is 11.8 Å². The van der Waals surface area contributed by atoms with E-state index in [2.05, 4.69) is 9.55 Å². The zero-order valence-corrected chi connectivity index (χ0v) is 10.7. The quantitative estimate of drug-likeness (QED) is 0.723. The van der Waals surface area contributed by atoms with Crippen molar-refractivity contribution in [2.24, 2.45) is 5.41 Å². The highest BCUT2D eigenvalue weighted by Crippen LogP contribution is 2.51. The topological polar surface area (TPSA) is 55.1 Å². The van der Waals surface area contributed by atoms with Crippen molar-refractivity contribution >= 4 is 17.7 Å². The van der Waals surface area contributed by atoms with Crippen LogP contribution in [0.2, 0.25) is 0 Å². The number of hydrogen-bond acceptors (Lipinski definition) is 3. The van der Waals surface area contributed by atoms with E-state index in [1.54, 1.807) is 6.20 Å². The Bertz CT molecular complexity index is 361. The predicted octanol–water partition coefficient (Wildman–Crippen LogP) is 2.26. The van der Waals surface area contributed by atoms with Gasteiger partial charge in [0, 0.05) is 18.9 Å². The van der Waals surface area contributed by atoms with Crippen LogP contribution in [-0.2, 0) is 11.3 Å². The lowest BCUT2D eigenvalue weighted by atomic mass is 10.1. The average molecular weight is 254 g/mol. The fourth-order valence-electron chi connectivity index (χ4n) is 1.93. The first kappa shape index (κ1) is 12.5. The molecule has 0 bridgehead atoms. The molecule has 1 saturated carbocycles. The second kappa shape index (κ2) is 5.58. The zero-order chi connectivity index (χ0) is 12.1. The third kappa shape index (κ3) is 4.07. The maximum absolute atomic E-state index is 10.7. The third-order valence-corrected chi connectivity index (χ3v) is 4.55. The van der Waals surface area contributed by atoms with Crippen molar-refractivity contribution in [2.75, 3.05) is 11.5 Å². The minimum absolute atomic E-state index is 0.130. The summed E-state index contributed by atoms with van der Waals surface area (Å²) in [5.41, 5.74) is 0.130. The molecular weight excluding hydrogens is 236 g/mol. The molecule has 4 nitrogen and oxygen atoms in total. The van der Waals surface area contributed by atoms with Gasteiger partial charge in [0.1, 0.15) is 0 Å². The van der Waals surface area contributed by atoms with Crippen LogP contribution in [0.25, 0.3) is 0 Å². The third-order valence-electron chi connectivity index (χ3n) is 3.16. The van der Waals surface area contributed by atoms with Crippen molar-refractivity contribution in [3.63, 3.8) is 0 Å². The van der Waals surface area contributed by atoms with Gasteiger partial charge in [-0.25, -0.2) is 4.98 Å². The summed E-state index contributed by atoms with van der Waals surface area (Å²) in [6.07, 6.45) is 9.24. The summed E-state index contributed by atoms with van der Waals surface area (Å²) in [7, 11) is 0. The molecule has 0 atom stereocenters. The Morgan fingerprint density at radius 1 is 1.53 bits per heavy atom. The van der Waals surface area contributed by atoms with Crippen molar-refractivity contribution in [1.82, 2.24) is 9.55 Å². The SMILES string of the molecule is O=C(O)CC1(CSCCCn2ccnc2)CC1. The number of aryl methyl sites for hydroxylation is 1. The van der Waals surface area contributed by atoms with Crippen molar-refractivity contribution < 1.29 is 9.90 Å². The Morgan fingerprint density at radius 2 is 2.35 bits per heavy atom. The highest BCUT2D eigenvalue weighted by molar-refractivity contribution is 7.99. The van der Waals surface area contributed by atoms with Gasteiger partial charge in [-0.05, 0) is 36.2 Å². The van der Waals surface area contributed by atoms with Gasteiger partial charge in [-0.3, -0.25) is 4.79 Å². The first-order valence-corrected chi connectivity index (χ1v) is 7.11. The van der Waals surface area contributed by atoms with Crippen molar-refractivity contribution in [3.05, 3.63) is 18.7 Å². The zero-order valence-electron chi connectivity index (χ0n) is 9.84. The summed E-state index contributed by atoms with van der Waals surface area (Å²) in [6, 6.07) is 0. The standard InChI is InChI=1S/C12H18N2O2S/c15-11(16)8-12(2-3-12)9-17-7-1-5-14-6-4-13-10-14/h4,6,10H,1-3,5,7-9H2,(H,15,16). The van der Waals surface area contributed by atoms with Crippen LogP contribution in [0.1, 0.15) is 25.7 Å². The van der Waals surface area contributed by atoms with Crippen LogP contribution in [-0.4, -0.2) is 32.1 Å². The highest BCUT2D eigenvalue weighted by atomic mass is 32.2. The van der Waals surface area contributed by atoms with Gasteiger partial charge in [-0.15, -0.1) is 0 Å². The minimum atomic E-state index is -0.651. The average Bonchev–Trinajstić information content (AvgIpc) is 2.83. The number of carboxylic acids is 1. The molecule has 1 aliphatic carbocycles. The molecule has 5 heteroatoms. The molecule has 1 heterocycles. The maximum Gasteiger partial charge on any atom is 0.303 e. The molecule has 0 saturated heterocycles. The molecule has 0 aromatic carbocycles. The molecule has 2 rings (SSSR count). The lowest BCUT2D eigenvalue weighted by molar-refractivity contribution is -0.138. The summed E-state index contributed by atoms with van der Waals surface area (Å²) in [5.74, 6) is 1.45. The van der Waals surface area contributed by atoms with E-state index in [-0.39, 0.29) is 5.41 Å². The Balaban J connectivity index is 1.56. The molecule has 1 N–H and O–H groups in total. The van der Waals surface area contributed by atoms with Crippen molar-refractivity contribution in [1.29, 1.82) is 0 Å². The molecule has 0 spiro atoms. The summed E-state index contributed by atoms with van der Waals surface area (Å²) >= 11 is 1.89. The Labute approximate surface area is 105 Å². The van der Waals surface area contributed by atoms with Gasteiger partial charge in [-0.1, -0.05) is 0 Å². The highest BCUT2D eigenvalue weighted by Gasteiger charge is 2.43. The summed E-state index contributed by atoms with van der Waals surface area (Å²) in [5, 5.41) is 8.80. The van der Waals surface area contributed by atoms with Gasteiger partial charge in [0.15, 0.2) is 0 Å². The van der Waals surface area contributed by atoms with Crippen LogP contribution in [0.5, 0.6) is 0 Å². The number of hydrogen-bond donors (Lipinski definition) is 1. The summed E-state index contributed by atoms with van der Waals surface area (Å²) in [6.45, 7) is 0.999. The van der Waals surface area contributed by atoms with Gasteiger partial charge in [0.2, 0.25) is 0 Å². The van der Waals surface area contributed by atoms with Gasteiger partial charge in [-0.2, -0.15) is 11.8 Å². The number of aliphatic carboxylic acids is 1. The number of aromatic nitrogens is 2. The minimum Gasteiger partial charge on any atom is -0.481 e. The van der Waals surface area contributed by atoms with E-state index in [0.29, 0.717) is 6.42 Å². The number of rotatable bonds is 8. The smallest absolute Gasteiger partial charge is 0.303 e. The van der Waals surface area contributed by atoms with E-state index in [9.17, 15) is 4.79 Å². The Hall–Kier alpha value is -0.970. The second-order valence-corrected chi connectivity index (χ2v) is 5.88. The Morgan fingerprint density at radius 3 is 2.94 bits per heavy atom. The van der Waals surface area contributed by atoms with Crippen LogP contribution in [0.3, 0.4) is 0 Å². The lowest BCUT2D eigenvalue weighted by Crippen LogP contribution is -2.11. The van der Waals surface area contributed by atoms with E-state index in [1.165, 1.54) is 0 Å². The maximum atomic E-state index is 10.7. The predicted molar refractivity (Wildman–Crippen MR) is 68.1 cm³/mol. The molecule has 1 aliphatic rings. The van der Waals surface area contributed by atoms with Crippen LogP contribution < -0.4 is 0 Å². The summed E-state index contributed by atoms with van der Waals surface area (Å²) < 4.78 is 2.07. The molecule has 1 aromatic rings. The van der Waals surface area contributed by atoms with E-state index < -0.39 is 5.97 Å². The fourth-order valence-corrected chi connectivity index (χ4v) is 3.23. The number of thioether (sulfide) groups is 1. The molecule has 17 heavy (non-hydrogen) atoms. The summed E-state index contributed by atoms with van der Waals surface area (Å²) in [4.78, 5) is 14.7. The van der Waals surface area contributed by atoms with Crippen molar-refractivity contribution in [2.45, 2.75) is 32.2 Å². The van der Waals surface area contributed by atoms with E-state index in [1.807, 2.05) is 24.3 Å². The molecule has 0 radical (unpaired) electrons. The number of nitrogens with zero attached hydrogens (tertiary/aromatic N) is 2. The van der Waals surface area contributed by atoms with E-state index >= 15 is 0 Å². The number of imidazole rings is 1. The number of carboxylic acid groups (broad SMARTS) is 1. The van der Waals surface area contributed by atoms with E-state index in [0.717, 1.165) is 37.3 Å². The molecule has 94 valence electrons. The van der Waals surface area contributed by atoms with Gasteiger partial charge < -0.3 is 9.67 Å². The second-order valence-electron chi connectivity index (χ2n) is 4.78. The number of carbonyl (C=O) groups is 1. The molecule has 0 aliphatic heterocycles. The lowest BCUT2D eigenvalue weighted by Gasteiger charge is -2.11. The van der Waals surface area contributed by atoms with Crippen LogP contribution in [0.4, 0.5) is 0 Å². The van der Waals surface area contributed by atoms with Crippen molar-refractivity contribution in [3.8, 4) is 0 Å². The Kier molecular flexibility index (Phi) is 4.10. The molecule has 1 aromatic heterocycles. The molecule has 0 amide bonds. The normalized spacial score (nSPS) is 16.9. The van der Waals surface area contributed by atoms with Gasteiger partial charge >= 0.3 is 5.97 Å². The monoisotopic (exact) mass is 254 g/mol. The van der Waals surface area contributed by atoms with Gasteiger partial charge in [0.05, 0.1) is 12.7 Å². The fraction of sp³-hybridized carbons (Fsp3) is 0.667. The first-order chi connectivity index (χ1) is 8.20. The van der Waals surface area contributed by atoms with Crippen LogP contribution in [0, 0.1) is 5.41 Å². The first-order valence-electron chi connectivity index (χ1n) is 5.96.